The lowest BCUT2D eigenvalue weighted by Crippen LogP contribution is -2.33. The standard InChI is InChI=1S/C10H15ClN4O2.ClH/c1-17-5-4-12-2-3-14-10(16)9-8(11)6-13-7-15-9;/h6-7,12H,2-5H2,1H3,(H,14,16);1H. The number of nitrogens with one attached hydrogen (secondary N) is 2. The zero-order chi connectivity index (χ0) is 12.5. The molecule has 1 aromatic rings. The van der Waals surface area contributed by atoms with Crippen molar-refractivity contribution in [3.05, 3.63) is 23.2 Å². The number of carbonyl (C=O) groups excluding carboxylic acids is 1. The molecule has 2 N–H and O–H groups in total. The van der Waals surface area contributed by atoms with Crippen molar-refractivity contribution in [1.82, 2.24) is 20.6 Å². The van der Waals surface area contributed by atoms with Gasteiger partial charge >= 0.3 is 0 Å². The molecule has 1 amide bonds. The summed E-state index contributed by atoms with van der Waals surface area (Å²) < 4.78 is 4.87. The van der Waals surface area contributed by atoms with Crippen molar-refractivity contribution in [2.45, 2.75) is 0 Å². The topological polar surface area (TPSA) is 76.1 Å². The van der Waals surface area contributed by atoms with Gasteiger partial charge in [0, 0.05) is 32.9 Å². The highest BCUT2D eigenvalue weighted by atomic mass is 35.5. The molecular formula is C10H16Cl2N4O2. The lowest BCUT2D eigenvalue weighted by Gasteiger charge is -2.06. The Morgan fingerprint density at radius 1 is 1.44 bits per heavy atom. The number of hydrogen-bond donors (Lipinski definition) is 2. The number of nitrogens with zero attached hydrogens (tertiary/aromatic N) is 2. The second kappa shape index (κ2) is 10.0. The Kier molecular flexibility index (Phi) is 9.49. The first kappa shape index (κ1) is 17.1. The largest absolute Gasteiger partial charge is 0.383 e. The summed E-state index contributed by atoms with van der Waals surface area (Å²) in [5.74, 6) is -0.300. The molecule has 1 aromatic heterocycles. The van der Waals surface area contributed by atoms with Crippen LogP contribution >= 0.6 is 24.0 Å². The van der Waals surface area contributed by atoms with E-state index in [4.69, 9.17) is 16.3 Å². The molecule has 0 radical (unpaired) electrons. The van der Waals surface area contributed by atoms with Gasteiger partial charge in [0.1, 0.15) is 12.0 Å². The van der Waals surface area contributed by atoms with Gasteiger partial charge in [-0.15, -0.1) is 12.4 Å². The van der Waals surface area contributed by atoms with Crippen molar-refractivity contribution in [3.8, 4) is 0 Å². The van der Waals surface area contributed by atoms with Crippen LogP contribution in [0.4, 0.5) is 0 Å². The zero-order valence-corrected chi connectivity index (χ0v) is 11.6. The summed E-state index contributed by atoms with van der Waals surface area (Å²) in [6.45, 7) is 2.56. The molecular weight excluding hydrogens is 279 g/mol. The first-order valence-corrected chi connectivity index (χ1v) is 5.57. The Morgan fingerprint density at radius 2 is 2.22 bits per heavy atom. The molecule has 0 saturated heterocycles. The number of carbonyl (C=O) groups is 1. The highest BCUT2D eigenvalue weighted by Gasteiger charge is 2.10. The van der Waals surface area contributed by atoms with Crippen molar-refractivity contribution in [3.63, 3.8) is 0 Å². The van der Waals surface area contributed by atoms with Gasteiger partial charge in [-0.05, 0) is 0 Å². The van der Waals surface area contributed by atoms with Gasteiger partial charge < -0.3 is 15.4 Å². The SMILES string of the molecule is COCCNCCNC(=O)c1ncncc1Cl.Cl. The fourth-order valence-electron chi connectivity index (χ4n) is 1.13. The molecule has 0 saturated carbocycles. The van der Waals surface area contributed by atoms with E-state index in [-0.39, 0.29) is 29.0 Å². The first-order valence-electron chi connectivity index (χ1n) is 5.19. The quantitative estimate of drug-likeness (QED) is 0.717. The fourth-order valence-corrected chi connectivity index (χ4v) is 1.32. The monoisotopic (exact) mass is 294 g/mol. The van der Waals surface area contributed by atoms with E-state index >= 15 is 0 Å². The van der Waals surface area contributed by atoms with Gasteiger partial charge in [0.15, 0.2) is 0 Å². The van der Waals surface area contributed by atoms with Crippen LogP contribution in [0.1, 0.15) is 10.5 Å². The molecule has 0 bridgehead atoms. The summed E-state index contributed by atoms with van der Waals surface area (Å²) in [7, 11) is 1.64. The summed E-state index contributed by atoms with van der Waals surface area (Å²) in [5.41, 5.74) is 0.193. The van der Waals surface area contributed by atoms with Gasteiger partial charge in [-0.2, -0.15) is 0 Å². The molecule has 0 atom stereocenters. The average Bonchev–Trinajstić information content (AvgIpc) is 2.34. The molecule has 18 heavy (non-hydrogen) atoms. The smallest absolute Gasteiger partial charge is 0.271 e. The van der Waals surface area contributed by atoms with Gasteiger partial charge in [-0.1, -0.05) is 11.6 Å². The Morgan fingerprint density at radius 3 is 2.89 bits per heavy atom. The Bertz CT molecular complexity index is 365. The van der Waals surface area contributed by atoms with Gasteiger partial charge in [0.2, 0.25) is 0 Å². The second-order valence-electron chi connectivity index (χ2n) is 3.22. The summed E-state index contributed by atoms with van der Waals surface area (Å²) in [6.07, 6.45) is 2.68. The zero-order valence-electron chi connectivity index (χ0n) is 9.98. The van der Waals surface area contributed by atoms with Gasteiger partial charge in [-0.3, -0.25) is 4.79 Å². The maximum Gasteiger partial charge on any atom is 0.271 e. The van der Waals surface area contributed by atoms with Crippen LogP contribution in [0, 0.1) is 0 Å². The van der Waals surface area contributed by atoms with Crippen LogP contribution in [0.15, 0.2) is 12.5 Å². The van der Waals surface area contributed by atoms with Crippen LogP contribution in [-0.4, -0.2) is 49.2 Å². The number of rotatable bonds is 7. The minimum atomic E-state index is -0.300. The molecule has 102 valence electrons. The van der Waals surface area contributed by atoms with Crippen LogP contribution < -0.4 is 10.6 Å². The summed E-state index contributed by atoms with van der Waals surface area (Å²) in [5, 5.41) is 6.05. The predicted molar refractivity (Wildman–Crippen MR) is 71.4 cm³/mol. The third kappa shape index (κ3) is 6.11. The number of aromatic nitrogens is 2. The van der Waals surface area contributed by atoms with Gasteiger partial charge in [0.25, 0.3) is 5.91 Å². The highest BCUT2D eigenvalue weighted by molar-refractivity contribution is 6.33. The number of hydrogen-bond acceptors (Lipinski definition) is 5. The molecule has 8 heteroatoms. The summed E-state index contributed by atoms with van der Waals surface area (Å²) in [4.78, 5) is 19.1. The van der Waals surface area contributed by atoms with Crippen LogP contribution in [-0.2, 0) is 4.74 Å². The third-order valence-corrected chi connectivity index (χ3v) is 2.23. The van der Waals surface area contributed by atoms with E-state index in [9.17, 15) is 4.79 Å². The van der Waals surface area contributed by atoms with E-state index in [2.05, 4.69) is 20.6 Å². The van der Waals surface area contributed by atoms with E-state index in [1.165, 1.54) is 12.5 Å². The van der Waals surface area contributed by atoms with Crippen molar-refractivity contribution in [1.29, 1.82) is 0 Å². The normalized spacial score (nSPS) is 9.67. The Labute approximate surface area is 117 Å². The number of halogens is 2. The van der Waals surface area contributed by atoms with Crippen LogP contribution in [0.3, 0.4) is 0 Å². The van der Waals surface area contributed by atoms with Crippen LogP contribution in [0.25, 0.3) is 0 Å². The fraction of sp³-hybridized carbons (Fsp3) is 0.500. The maximum absolute atomic E-state index is 11.6. The number of amides is 1. The molecule has 1 rings (SSSR count). The highest BCUT2D eigenvalue weighted by Crippen LogP contribution is 2.09. The lowest BCUT2D eigenvalue weighted by molar-refractivity contribution is 0.0948. The molecule has 0 aromatic carbocycles. The minimum absolute atomic E-state index is 0. The van der Waals surface area contributed by atoms with Gasteiger partial charge in [-0.25, -0.2) is 9.97 Å². The van der Waals surface area contributed by atoms with Crippen LogP contribution in [0.5, 0.6) is 0 Å². The Balaban J connectivity index is 0.00000289. The first-order chi connectivity index (χ1) is 8.25. The third-order valence-electron chi connectivity index (χ3n) is 1.95. The van der Waals surface area contributed by atoms with E-state index in [1.54, 1.807) is 7.11 Å². The van der Waals surface area contributed by atoms with Crippen molar-refractivity contribution < 1.29 is 9.53 Å². The minimum Gasteiger partial charge on any atom is -0.383 e. The van der Waals surface area contributed by atoms with Crippen molar-refractivity contribution in [2.75, 3.05) is 33.4 Å². The molecule has 0 unspecified atom stereocenters. The van der Waals surface area contributed by atoms with E-state index in [1.807, 2.05) is 0 Å². The number of methoxy groups -OCH3 is 1. The maximum atomic E-state index is 11.6. The van der Waals surface area contributed by atoms with Gasteiger partial charge in [0.05, 0.1) is 11.6 Å². The molecule has 1 heterocycles. The Hall–Kier alpha value is -0.950. The summed E-state index contributed by atoms with van der Waals surface area (Å²) in [6, 6.07) is 0. The van der Waals surface area contributed by atoms with Crippen molar-refractivity contribution in [2.24, 2.45) is 0 Å². The van der Waals surface area contributed by atoms with E-state index < -0.39 is 0 Å². The molecule has 0 fully saturated rings. The lowest BCUT2D eigenvalue weighted by atomic mass is 10.4. The van der Waals surface area contributed by atoms with Crippen molar-refractivity contribution >= 4 is 29.9 Å². The predicted octanol–water partition coefficient (Wildman–Crippen LogP) is 0.518. The molecule has 0 aliphatic carbocycles. The van der Waals surface area contributed by atoms with E-state index in [0.29, 0.717) is 19.7 Å². The van der Waals surface area contributed by atoms with Crippen LogP contribution in [0.2, 0.25) is 5.02 Å². The molecule has 0 aliphatic rings. The second-order valence-corrected chi connectivity index (χ2v) is 3.63. The summed E-state index contributed by atoms with van der Waals surface area (Å²) >= 11 is 5.78. The average molecular weight is 295 g/mol. The molecule has 0 aliphatic heterocycles. The number of ether oxygens (including phenoxy) is 1. The molecule has 0 spiro atoms. The molecule has 6 nitrogen and oxygen atoms in total. The van der Waals surface area contributed by atoms with E-state index in [0.717, 1.165) is 6.54 Å².